The van der Waals surface area contributed by atoms with Gasteiger partial charge in [0, 0.05) is 24.9 Å². The van der Waals surface area contributed by atoms with Crippen LogP contribution >= 0.6 is 0 Å². The van der Waals surface area contributed by atoms with Crippen molar-refractivity contribution in [1.82, 2.24) is 9.58 Å². The van der Waals surface area contributed by atoms with E-state index in [9.17, 15) is 19.1 Å². The molecule has 36 heavy (non-hydrogen) atoms. The number of aromatic hydroxyl groups is 1. The number of ether oxygens (including phenoxy) is 2. The first-order chi connectivity index (χ1) is 17.4. The van der Waals surface area contributed by atoms with Gasteiger partial charge in [0.05, 0.1) is 12.6 Å². The van der Waals surface area contributed by atoms with Crippen LogP contribution in [-0.4, -0.2) is 53.6 Å². The van der Waals surface area contributed by atoms with Gasteiger partial charge in [-0.15, -0.1) is 0 Å². The van der Waals surface area contributed by atoms with Crippen LogP contribution in [0.1, 0.15) is 27.7 Å². The molecule has 10 heteroatoms. The second kappa shape index (κ2) is 9.46. The standard InChI is InChI=1S/C26H23F2N3O5/c1-35-14-17-8-5-13-36-25-18(9-10-19(27)21(25)28)22(16-6-3-2-4-7-16)31-15-29(17)26(34)23-24(33)20(32)11-12-30(23)31/h2-12,17,22,33H,13-15H2,1H3/b8-5-/t17-,22-/m0/s1. The van der Waals surface area contributed by atoms with Crippen LogP contribution in [0.5, 0.6) is 11.5 Å². The predicted molar refractivity (Wildman–Crippen MR) is 127 cm³/mol. The van der Waals surface area contributed by atoms with Gasteiger partial charge in [0.25, 0.3) is 5.91 Å². The van der Waals surface area contributed by atoms with E-state index in [2.05, 4.69) is 0 Å². The molecular formula is C26H23F2N3O5. The maximum absolute atomic E-state index is 15.1. The topological polar surface area (TPSA) is 84.2 Å². The number of carbonyl (C=O) groups excluding carboxylic acids is 1. The molecule has 3 aromatic rings. The first-order valence-electron chi connectivity index (χ1n) is 11.3. The number of rotatable bonds is 3. The number of benzene rings is 2. The van der Waals surface area contributed by atoms with Crippen molar-refractivity contribution in [3.05, 3.63) is 106 Å². The fourth-order valence-corrected chi connectivity index (χ4v) is 4.64. The highest BCUT2D eigenvalue weighted by atomic mass is 19.2. The maximum atomic E-state index is 15.1. The van der Waals surface area contributed by atoms with Crippen LogP contribution in [0, 0.1) is 11.6 Å². The third kappa shape index (κ3) is 3.89. The van der Waals surface area contributed by atoms with Gasteiger partial charge in [0.2, 0.25) is 11.2 Å². The Morgan fingerprint density at radius 1 is 1.11 bits per heavy atom. The average Bonchev–Trinajstić information content (AvgIpc) is 2.90. The molecule has 1 amide bonds. The van der Waals surface area contributed by atoms with Gasteiger partial charge in [-0.25, -0.2) is 4.39 Å². The molecule has 2 bridgehead atoms. The van der Waals surface area contributed by atoms with Crippen molar-refractivity contribution in [1.29, 1.82) is 0 Å². The van der Waals surface area contributed by atoms with Gasteiger partial charge in [-0.2, -0.15) is 4.39 Å². The lowest BCUT2D eigenvalue weighted by Gasteiger charge is -2.45. The van der Waals surface area contributed by atoms with Gasteiger partial charge < -0.3 is 19.5 Å². The summed E-state index contributed by atoms with van der Waals surface area (Å²) in [6, 6.07) is 11.2. The number of aromatic nitrogens is 1. The molecule has 0 aliphatic carbocycles. The minimum atomic E-state index is -1.14. The maximum Gasteiger partial charge on any atom is 0.278 e. The summed E-state index contributed by atoms with van der Waals surface area (Å²) in [6.45, 7) is -0.00245. The Kier molecular flexibility index (Phi) is 6.19. The van der Waals surface area contributed by atoms with Gasteiger partial charge in [-0.1, -0.05) is 36.4 Å². The number of amides is 1. The van der Waals surface area contributed by atoms with Crippen LogP contribution in [0.15, 0.2) is 71.7 Å². The first-order valence-corrected chi connectivity index (χ1v) is 11.3. The zero-order valence-corrected chi connectivity index (χ0v) is 19.3. The van der Waals surface area contributed by atoms with Gasteiger partial charge in [-0.3, -0.25) is 19.3 Å². The molecule has 3 heterocycles. The van der Waals surface area contributed by atoms with E-state index in [1.807, 2.05) is 18.2 Å². The zero-order valence-electron chi connectivity index (χ0n) is 19.3. The van der Waals surface area contributed by atoms with Gasteiger partial charge >= 0.3 is 0 Å². The summed E-state index contributed by atoms with van der Waals surface area (Å²) in [6.07, 6.45) is 4.63. The summed E-state index contributed by atoms with van der Waals surface area (Å²) in [5.41, 5.74) is 0.0283. The van der Waals surface area contributed by atoms with Crippen molar-refractivity contribution >= 4 is 5.91 Å². The number of carbonyl (C=O) groups is 1. The lowest BCUT2D eigenvalue weighted by molar-refractivity contribution is 0.0518. The van der Waals surface area contributed by atoms with E-state index in [4.69, 9.17) is 9.47 Å². The van der Waals surface area contributed by atoms with Crippen molar-refractivity contribution in [3.63, 3.8) is 0 Å². The van der Waals surface area contributed by atoms with Crippen LogP contribution in [0.2, 0.25) is 0 Å². The molecule has 1 aromatic heterocycles. The SMILES string of the molecule is COC[C@@H]1/C=C\COc2c(ccc(F)c2F)[C@H](c2ccccc2)N2CN1C(=O)c1c(O)c(=O)ccn12. The van der Waals surface area contributed by atoms with E-state index in [1.165, 1.54) is 28.9 Å². The summed E-state index contributed by atoms with van der Waals surface area (Å²) < 4.78 is 41.8. The lowest BCUT2D eigenvalue weighted by atomic mass is 9.96. The summed E-state index contributed by atoms with van der Waals surface area (Å²) in [4.78, 5) is 27.3. The largest absolute Gasteiger partial charge is 0.502 e. The summed E-state index contributed by atoms with van der Waals surface area (Å²) in [7, 11) is 1.48. The Bertz CT molecular complexity index is 1390. The molecule has 2 aromatic carbocycles. The molecule has 0 saturated heterocycles. The minimum Gasteiger partial charge on any atom is -0.502 e. The monoisotopic (exact) mass is 495 g/mol. The summed E-state index contributed by atoms with van der Waals surface area (Å²) in [5.74, 6) is -3.75. The highest BCUT2D eigenvalue weighted by molar-refractivity contribution is 5.96. The van der Waals surface area contributed by atoms with Crippen molar-refractivity contribution in [2.45, 2.75) is 12.1 Å². The fraction of sp³-hybridized carbons (Fsp3) is 0.231. The second-order valence-corrected chi connectivity index (χ2v) is 8.43. The fourth-order valence-electron chi connectivity index (χ4n) is 4.64. The van der Waals surface area contributed by atoms with Crippen LogP contribution in [-0.2, 0) is 4.74 Å². The summed E-state index contributed by atoms with van der Waals surface area (Å²) >= 11 is 0. The molecule has 0 radical (unpaired) electrons. The molecule has 1 N–H and O–H groups in total. The van der Waals surface area contributed by atoms with E-state index < -0.39 is 40.8 Å². The molecule has 0 fully saturated rings. The van der Waals surface area contributed by atoms with Crippen LogP contribution in [0.4, 0.5) is 8.78 Å². The average molecular weight is 495 g/mol. The van der Waals surface area contributed by atoms with Gasteiger partial charge in [0.15, 0.2) is 23.0 Å². The first kappa shape index (κ1) is 23.6. The van der Waals surface area contributed by atoms with E-state index in [0.717, 1.165) is 12.1 Å². The normalized spacial score (nSPS) is 20.1. The Labute approximate surface area is 205 Å². The molecular weight excluding hydrogens is 472 g/mol. The van der Waals surface area contributed by atoms with Crippen LogP contribution in [0.3, 0.4) is 0 Å². The molecule has 0 saturated carbocycles. The number of halogens is 2. The molecule has 2 aliphatic rings. The van der Waals surface area contributed by atoms with Crippen molar-refractivity contribution in [3.8, 4) is 11.5 Å². The van der Waals surface area contributed by atoms with E-state index in [-0.39, 0.29) is 31.3 Å². The predicted octanol–water partition coefficient (Wildman–Crippen LogP) is 2.94. The number of hydrogen-bond acceptors (Lipinski definition) is 6. The zero-order chi connectivity index (χ0) is 25.4. The lowest BCUT2D eigenvalue weighted by Crippen LogP contribution is -2.58. The Morgan fingerprint density at radius 3 is 2.64 bits per heavy atom. The number of fused-ring (bicyclic) bond motifs is 5. The van der Waals surface area contributed by atoms with Crippen molar-refractivity contribution < 1.29 is 28.2 Å². The molecule has 2 atom stereocenters. The van der Waals surface area contributed by atoms with Crippen molar-refractivity contribution in [2.75, 3.05) is 32.0 Å². The molecule has 186 valence electrons. The summed E-state index contributed by atoms with van der Waals surface area (Å²) in [5, 5.41) is 12.4. The minimum absolute atomic E-state index is 0.0233. The smallest absolute Gasteiger partial charge is 0.278 e. The van der Waals surface area contributed by atoms with E-state index in [1.54, 1.807) is 29.3 Å². The second-order valence-electron chi connectivity index (χ2n) is 8.43. The number of nitrogens with zero attached hydrogens (tertiary/aromatic N) is 3. The number of pyridine rings is 1. The number of methoxy groups -OCH3 is 1. The molecule has 2 aliphatic heterocycles. The number of hydrogen-bond donors (Lipinski definition) is 1. The Hall–Kier alpha value is -4.18. The highest BCUT2D eigenvalue weighted by Crippen LogP contribution is 2.39. The van der Waals surface area contributed by atoms with Crippen LogP contribution in [0.25, 0.3) is 0 Å². The van der Waals surface area contributed by atoms with Crippen LogP contribution < -0.4 is 15.2 Å². The van der Waals surface area contributed by atoms with Gasteiger partial charge in [0.1, 0.15) is 19.3 Å². The Morgan fingerprint density at radius 2 is 1.89 bits per heavy atom. The molecule has 0 unspecified atom stereocenters. The quantitative estimate of drug-likeness (QED) is 0.563. The third-order valence-electron chi connectivity index (χ3n) is 6.30. The molecule has 5 rings (SSSR count). The molecule has 8 nitrogen and oxygen atoms in total. The Balaban J connectivity index is 1.83. The highest BCUT2D eigenvalue weighted by Gasteiger charge is 2.40. The van der Waals surface area contributed by atoms with Crippen molar-refractivity contribution in [2.24, 2.45) is 0 Å². The molecule has 0 spiro atoms. The van der Waals surface area contributed by atoms with E-state index in [0.29, 0.717) is 11.1 Å². The van der Waals surface area contributed by atoms with E-state index >= 15 is 4.39 Å². The third-order valence-corrected chi connectivity index (χ3v) is 6.30. The van der Waals surface area contributed by atoms with Gasteiger partial charge in [-0.05, 0) is 23.8 Å².